The molecule has 0 heterocycles. The standard InChI is InChI=1S/C15H24N2O/c1-12(2)10-16-11-15(17(3)4)13-7-6-8-14(9-13)18-5/h6-9,15-16H,1,10-11H2,2-5H3. The van der Waals surface area contributed by atoms with E-state index in [2.05, 4.69) is 43.0 Å². The number of likely N-dealkylation sites (N-methyl/N-ethyl adjacent to an activating group) is 1. The first kappa shape index (κ1) is 14.7. The first-order valence-corrected chi connectivity index (χ1v) is 6.20. The van der Waals surface area contributed by atoms with E-state index in [-0.39, 0.29) is 0 Å². The van der Waals surface area contributed by atoms with Gasteiger partial charge in [0, 0.05) is 19.1 Å². The summed E-state index contributed by atoms with van der Waals surface area (Å²) in [6, 6.07) is 8.56. The van der Waals surface area contributed by atoms with E-state index in [4.69, 9.17) is 4.74 Å². The molecule has 0 spiro atoms. The molecule has 0 amide bonds. The van der Waals surface area contributed by atoms with Crippen LogP contribution < -0.4 is 10.1 Å². The van der Waals surface area contributed by atoms with Crippen molar-refractivity contribution in [3.05, 3.63) is 42.0 Å². The molecule has 1 unspecified atom stereocenters. The molecule has 1 aromatic carbocycles. The highest BCUT2D eigenvalue weighted by Crippen LogP contribution is 2.21. The molecule has 100 valence electrons. The third-order valence-electron chi connectivity index (χ3n) is 2.87. The van der Waals surface area contributed by atoms with Crippen LogP contribution in [-0.4, -0.2) is 39.2 Å². The predicted octanol–water partition coefficient (Wildman–Crippen LogP) is 2.46. The summed E-state index contributed by atoms with van der Waals surface area (Å²) in [5.74, 6) is 0.902. The Hall–Kier alpha value is -1.32. The molecule has 0 aliphatic heterocycles. The number of nitrogens with one attached hydrogen (secondary N) is 1. The summed E-state index contributed by atoms with van der Waals surface area (Å²) in [6.07, 6.45) is 0. The van der Waals surface area contributed by atoms with E-state index >= 15 is 0 Å². The lowest BCUT2D eigenvalue weighted by atomic mass is 10.1. The number of ether oxygens (including phenoxy) is 1. The van der Waals surface area contributed by atoms with Crippen LogP contribution in [0, 0.1) is 0 Å². The van der Waals surface area contributed by atoms with Gasteiger partial charge in [-0.1, -0.05) is 24.3 Å². The molecule has 0 radical (unpaired) electrons. The second-order valence-electron chi connectivity index (χ2n) is 4.84. The Kier molecular flexibility index (Phi) is 5.89. The molecule has 0 aliphatic rings. The topological polar surface area (TPSA) is 24.5 Å². The fourth-order valence-corrected chi connectivity index (χ4v) is 1.87. The molecule has 18 heavy (non-hydrogen) atoms. The molecule has 0 saturated heterocycles. The minimum atomic E-state index is 0.333. The second-order valence-corrected chi connectivity index (χ2v) is 4.84. The van der Waals surface area contributed by atoms with Gasteiger partial charge in [-0.2, -0.15) is 0 Å². The van der Waals surface area contributed by atoms with E-state index in [0.29, 0.717) is 6.04 Å². The van der Waals surface area contributed by atoms with Crippen LogP contribution in [0.15, 0.2) is 36.4 Å². The van der Waals surface area contributed by atoms with Crippen LogP contribution in [0.5, 0.6) is 5.75 Å². The van der Waals surface area contributed by atoms with Gasteiger partial charge in [0.1, 0.15) is 5.75 Å². The molecule has 0 fully saturated rings. The maximum Gasteiger partial charge on any atom is 0.119 e. The van der Waals surface area contributed by atoms with Gasteiger partial charge in [-0.05, 0) is 38.7 Å². The van der Waals surface area contributed by atoms with E-state index in [1.165, 1.54) is 5.56 Å². The van der Waals surface area contributed by atoms with Crippen LogP contribution in [0.3, 0.4) is 0 Å². The van der Waals surface area contributed by atoms with Crippen molar-refractivity contribution in [1.82, 2.24) is 10.2 Å². The second kappa shape index (κ2) is 7.19. The smallest absolute Gasteiger partial charge is 0.119 e. The van der Waals surface area contributed by atoms with E-state index in [1.807, 2.05) is 19.1 Å². The molecule has 0 saturated carbocycles. The molecular formula is C15H24N2O. The molecule has 3 nitrogen and oxygen atoms in total. The zero-order valence-corrected chi connectivity index (χ0v) is 11.9. The van der Waals surface area contributed by atoms with Gasteiger partial charge in [-0.3, -0.25) is 0 Å². The number of hydrogen-bond acceptors (Lipinski definition) is 3. The lowest BCUT2D eigenvalue weighted by molar-refractivity contribution is 0.290. The fourth-order valence-electron chi connectivity index (χ4n) is 1.87. The molecule has 1 aromatic rings. The van der Waals surface area contributed by atoms with Crippen LogP contribution in [0.2, 0.25) is 0 Å². The van der Waals surface area contributed by atoms with Crippen molar-refractivity contribution in [2.75, 3.05) is 34.3 Å². The minimum absolute atomic E-state index is 0.333. The van der Waals surface area contributed by atoms with Crippen LogP contribution >= 0.6 is 0 Å². The van der Waals surface area contributed by atoms with Crippen molar-refractivity contribution >= 4 is 0 Å². The largest absolute Gasteiger partial charge is 0.497 e. The molecule has 0 aliphatic carbocycles. The summed E-state index contributed by atoms with van der Waals surface area (Å²) in [5.41, 5.74) is 2.41. The molecule has 1 atom stereocenters. The highest BCUT2D eigenvalue weighted by atomic mass is 16.5. The Labute approximate surface area is 110 Å². The van der Waals surface area contributed by atoms with Gasteiger partial charge in [0.15, 0.2) is 0 Å². The predicted molar refractivity (Wildman–Crippen MR) is 77.1 cm³/mol. The zero-order chi connectivity index (χ0) is 13.5. The first-order chi connectivity index (χ1) is 8.54. The highest BCUT2D eigenvalue weighted by Gasteiger charge is 2.14. The highest BCUT2D eigenvalue weighted by molar-refractivity contribution is 5.30. The Morgan fingerprint density at radius 1 is 1.44 bits per heavy atom. The van der Waals surface area contributed by atoms with Gasteiger partial charge in [0.25, 0.3) is 0 Å². The van der Waals surface area contributed by atoms with E-state index < -0.39 is 0 Å². The summed E-state index contributed by atoms with van der Waals surface area (Å²) >= 11 is 0. The van der Waals surface area contributed by atoms with Crippen LogP contribution in [-0.2, 0) is 0 Å². The Morgan fingerprint density at radius 2 is 2.17 bits per heavy atom. The van der Waals surface area contributed by atoms with Crippen molar-refractivity contribution in [2.24, 2.45) is 0 Å². The fraction of sp³-hybridized carbons (Fsp3) is 0.467. The normalized spacial score (nSPS) is 12.5. The number of nitrogens with zero attached hydrogens (tertiary/aromatic N) is 1. The Bertz CT molecular complexity index is 388. The molecule has 1 N–H and O–H groups in total. The van der Waals surface area contributed by atoms with Crippen LogP contribution in [0.4, 0.5) is 0 Å². The number of rotatable bonds is 7. The van der Waals surface area contributed by atoms with Crippen molar-refractivity contribution in [3.8, 4) is 5.75 Å². The summed E-state index contributed by atoms with van der Waals surface area (Å²) in [4.78, 5) is 2.21. The van der Waals surface area contributed by atoms with Crippen LogP contribution in [0.1, 0.15) is 18.5 Å². The molecule has 0 aromatic heterocycles. The summed E-state index contributed by atoms with van der Waals surface area (Å²) in [6.45, 7) is 7.68. The van der Waals surface area contributed by atoms with E-state index in [1.54, 1.807) is 7.11 Å². The maximum atomic E-state index is 5.27. The van der Waals surface area contributed by atoms with Crippen molar-refractivity contribution in [3.63, 3.8) is 0 Å². The molecular weight excluding hydrogens is 224 g/mol. The van der Waals surface area contributed by atoms with Crippen molar-refractivity contribution in [1.29, 1.82) is 0 Å². The third-order valence-corrected chi connectivity index (χ3v) is 2.87. The summed E-state index contributed by atoms with van der Waals surface area (Å²) in [5, 5.41) is 3.42. The van der Waals surface area contributed by atoms with Gasteiger partial charge >= 0.3 is 0 Å². The quantitative estimate of drug-likeness (QED) is 0.750. The summed E-state index contributed by atoms with van der Waals surface area (Å²) < 4.78 is 5.27. The SMILES string of the molecule is C=C(C)CNCC(c1cccc(OC)c1)N(C)C. The van der Waals surface area contributed by atoms with Crippen LogP contribution in [0.25, 0.3) is 0 Å². The van der Waals surface area contributed by atoms with Gasteiger partial charge in [-0.25, -0.2) is 0 Å². The van der Waals surface area contributed by atoms with Gasteiger partial charge in [0.2, 0.25) is 0 Å². The average molecular weight is 248 g/mol. The van der Waals surface area contributed by atoms with Crippen molar-refractivity contribution < 1.29 is 4.74 Å². The average Bonchev–Trinajstić information content (AvgIpc) is 2.34. The Morgan fingerprint density at radius 3 is 2.72 bits per heavy atom. The lowest BCUT2D eigenvalue weighted by Crippen LogP contribution is -2.31. The van der Waals surface area contributed by atoms with Crippen molar-refractivity contribution in [2.45, 2.75) is 13.0 Å². The zero-order valence-electron chi connectivity index (χ0n) is 11.9. The number of benzene rings is 1. The molecule has 3 heteroatoms. The van der Waals surface area contributed by atoms with Gasteiger partial charge in [0.05, 0.1) is 7.11 Å². The molecule has 0 bridgehead atoms. The summed E-state index contributed by atoms with van der Waals surface area (Å²) in [7, 11) is 5.88. The number of methoxy groups -OCH3 is 1. The lowest BCUT2D eigenvalue weighted by Gasteiger charge is -2.25. The Balaban J connectivity index is 2.73. The van der Waals surface area contributed by atoms with E-state index in [0.717, 1.165) is 24.4 Å². The first-order valence-electron chi connectivity index (χ1n) is 6.20. The van der Waals surface area contributed by atoms with E-state index in [9.17, 15) is 0 Å². The van der Waals surface area contributed by atoms with Gasteiger partial charge in [-0.15, -0.1) is 0 Å². The third kappa shape index (κ3) is 4.51. The molecule has 1 rings (SSSR count). The minimum Gasteiger partial charge on any atom is -0.497 e. The monoisotopic (exact) mass is 248 g/mol. The maximum absolute atomic E-state index is 5.27. The number of hydrogen-bond donors (Lipinski definition) is 1. The van der Waals surface area contributed by atoms with Gasteiger partial charge < -0.3 is 15.0 Å².